The molecule has 0 unspecified atom stereocenters. The molecule has 0 saturated carbocycles. The summed E-state index contributed by atoms with van der Waals surface area (Å²) in [5.41, 5.74) is 4.44. The highest BCUT2D eigenvalue weighted by Gasteiger charge is 2.37. The number of thiazole rings is 1. The molecule has 8 heteroatoms. The molecule has 0 fully saturated rings. The van der Waals surface area contributed by atoms with Gasteiger partial charge in [-0.3, -0.25) is 0 Å². The number of nitrogens with zero attached hydrogens (tertiary/aromatic N) is 1. The van der Waals surface area contributed by atoms with Gasteiger partial charge in [-0.1, -0.05) is 0 Å². The molecule has 0 radical (unpaired) electrons. The van der Waals surface area contributed by atoms with Crippen molar-refractivity contribution in [2.75, 3.05) is 0 Å². The Labute approximate surface area is 111 Å². The van der Waals surface area contributed by atoms with Gasteiger partial charge in [0.25, 0.3) is 0 Å². The first-order valence-electron chi connectivity index (χ1n) is 4.44. The number of hydrogen-bond donors (Lipinski definition) is 1. The molecule has 0 amide bonds. The Hall–Kier alpha value is -0.440. The molecule has 0 saturated heterocycles. The fraction of sp³-hybridized carbons (Fsp3) is 0.222. The number of aromatic nitrogens is 1. The number of hydrogen-bond acceptors (Lipinski definition) is 4. The summed E-state index contributed by atoms with van der Waals surface area (Å²) >= 11 is 5.59. The summed E-state index contributed by atoms with van der Waals surface area (Å²) in [5, 5.41) is 0.355. The predicted octanol–water partition coefficient (Wildman–Crippen LogP) is 4.11. The van der Waals surface area contributed by atoms with Crippen LogP contribution in [0.15, 0.2) is 15.9 Å². The maximum atomic E-state index is 12.7. The summed E-state index contributed by atoms with van der Waals surface area (Å²) in [5.74, 6) is 0. The van der Waals surface area contributed by atoms with Crippen molar-refractivity contribution in [2.45, 2.75) is 12.7 Å². The molecule has 0 spiro atoms. The monoisotopic (exact) mass is 342 g/mol. The Kier molecular flexibility index (Phi) is 3.58. The van der Waals surface area contributed by atoms with Gasteiger partial charge in [0.05, 0.1) is 13.5 Å². The number of alkyl halides is 3. The van der Waals surface area contributed by atoms with Crippen LogP contribution in [0.25, 0.3) is 9.88 Å². The van der Waals surface area contributed by atoms with Crippen LogP contribution in [0.5, 0.6) is 0 Å². The highest BCUT2D eigenvalue weighted by atomic mass is 79.9. The van der Waals surface area contributed by atoms with Crippen LogP contribution in [0.1, 0.15) is 10.6 Å². The number of rotatable bonds is 2. The minimum atomic E-state index is -4.45. The summed E-state index contributed by atoms with van der Waals surface area (Å²) in [4.78, 5) is 4.41. The van der Waals surface area contributed by atoms with Crippen molar-refractivity contribution in [2.24, 2.45) is 5.73 Å². The molecular weight excluding hydrogens is 337 g/mol. The van der Waals surface area contributed by atoms with Gasteiger partial charge in [0.2, 0.25) is 0 Å². The Morgan fingerprint density at radius 2 is 2.00 bits per heavy atom. The second-order valence-corrected chi connectivity index (χ2v) is 6.64. The summed E-state index contributed by atoms with van der Waals surface area (Å²) < 4.78 is 38.8. The molecule has 2 rings (SSSR count). The SMILES string of the molecule is NCc1sc(-c2ccc(Br)s2)nc1C(F)(F)F. The maximum Gasteiger partial charge on any atom is 0.434 e. The van der Waals surface area contributed by atoms with E-state index < -0.39 is 11.9 Å². The summed E-state index contributed by atoms with van der Waals surface area (Å²) in [6, 6.07) is 3.50. The molecule has 0 aliphatic heterocycles. The van der Waals surface area contributed by atoms with Gasteiger partial charge in [-0.15, -0.1) is 22.7 Å². The van der Waals surface area contributed by atoms with Crippen molar-refractivity contribution in [1.82, 2.24) is 4.98 Å². The van der Waals surface area contributed by atoms with Gasteiger partial charge in [0.15, 0.2) is 5.69 Å². The molecule has 0 bridgehead atoms. The molecule has 2 heterocycles. The van der Waals surface area contributed by atoms with Crippen molar-refractivity contribution in [3.63, 3.8) is 0 Å². The molecule has 17 heavy (non-hydrogen) atoms. The predicted molar refractivity (Wildman–Crippen MR) is 66.0 cm³/mol. The second-order valence-electron chi connectivity index (χ2n) is 3.10. The van der Waals surface area contributed by atoms with Gasteiger partial charge >= 0.3 is 6.18 Å². The van der Waals surface area contributed by atoms with E-state index >= 15 is 0 Å². The van der Waals surface area contributed by atoms with E-state index in [2.05, 4.69) is 20.9 Å². The van der Waals surface area contributed by atoms with Gasteiger partial charge < -0.3 is 5.73 Å². The normalized spacial score (nSPS) is 12.1. The Morgan fingerprint density at radius 3 is 2.41 bits per heavy atom. The first-order valence-corrected chi connectivity index (χ1v) is 6.87. The average molecular weight is 343 g/mol. The zero-order chi connectivity index (χ0) is 12.6. The van der Waals surface area contributed by atoms with Crippen LogP contribution in [-0.4, -0.2) is 4.98 Å². The van der Waals surface area contributed by atoms with Crippen molar-refractivity contribution in [3.8, 4) is 9.88 Å². The average Bonchev–Trinajstić information content (AvgIpc) is 2.81. The topological polar surface area (TPSA) is 38.9 Å². The van der Waals surface area contributed by atoms with Crippen LogP contribution in [0.4, 0.5) is 13.2 Å². The standard InChI is InChI=1S/C9H6BrF3N2S2/c10-6-2-1-4(16-6)8-15-7(9(11,12)13)5(3-14)17-8/h1-2H,3,14H2. The van der Waals surface area contributed by atoms with Crippen molar-refractivity contribution < 1.29 is 13.2 Å². The van der Waals surface area contributed by atoms with E-state index in [1.807, 2.05) is 0 Å². The lowest BCUT2D eigenvalue weighted by Crippen LogP contribution is -2.10. The molecule has 0 atom stereocenters. The summed E-state index contributed by atoms with van der Waals surface area (Å²) in [6.07, 6.45) is -4.45. The third kappa shape index (κ3) is 2.70. The molecule has 2 aromatic rings. The molecule has 2 aromatic heterocycles. The van der Waals surface area contributed by atoms with Crippen LogP contribution >= 0.6 is 38.6 Å². The lowest BCUT2D eigenvalue weighted by atomic mass is 10.3. The largest absolute Gasteiger partial charge is 0.434 e. The van der Waals surface area contributed by atoms with E-state index in [9.17, 15) is 13.2 Å². The van der Waals surface area contributed by atoms with E-state index in [0.29, 0.717) is 9.88 Å². The fourth-order valence-corrected chi connectivity index (χ4v) is 3.65. The second kappa shape index (κ2) is 4.68. The van der Waals surface area contributed by atoms with Crippen LogP contribution in [-0.2, 0) is 12.7 Å². The Morgan fingerprint density at radius 1 is 1.29 bits per heavy atom. The van der Waals surface area contributed by atoms with E-state index in [1.54, 1.807) is 12.1 Å². The highest BCUT2D eigenvalue weighted by Crippen LogP contribution is 2.40. The van der Waals surface area contributed by atoms with E-state index in [4.69, 9.17) is 5.73 Å². The van der Waals surface area contributed by atoms with Crippen LogP contribution < -0.4 is 5.73 Å². The van der Waals surface area contributed by atoms with Crippen LogP contribution in [0.3, 0.4) is 0 Å². The third-order valence-corrected chi connectivity index (χ3v) is 4.81. The van der Waals surface area contributed by atoms with Crippen LogP contribution in [0.2, 0.25) is 0 Å². The molecule has 0 aliphatic rings. The lowest BCUT2D eigenvalue weighted by molar-refractivity contribution is -0.141. The van der Waals surface area contributed by atoms with Crippen molar-refractivity contribution in [1.29, 1.82) is 0 Å². The van der Waals surface area contributed by atoms with E-state index in [1.165, 1.54) is 11.3 Å². The molecule has 0 aromatic carbocycles. The molecule has 92 valence electrons. The van der Waals surface area contributed by atoms with Gasteiger partial charge in [-0.2, -0.15) is 13.2 Å². The van der Waals surface area contributed by atoms with Crippen molar-refractivity contribution >= 4 is 38.6 Å². The molecular formula is C9H6BrF3N2S2. The molecule has 0 aliphatic carbocycles. The first-order chi connectivity index (χ1) is 7.91. The van der Waals surface area contributed by atoms with Gasteiger partial charge in [-0.05, 0) is 28.1 Å². The summed E-state index contributed by atoms with van der Waals surface area (Å²) in [6.45, 7) is -0.154. The first kappa shape index (κ1) is 13.0. The quantitative estimate of drug-likeness (QED) is 0.891. The lowest BCUT2D eigenvalue weighted by Gasteiger charge is -2.03. The number of thiophene rings is 1. The van der Waals surface area contributed by atoms with E-state index in [-0.39, 0.29) is 11.4 Å². The summed E-state index contributed by atoms with van der Waals surface area (Å²) in [7, 11) is 0. The van der Waals surface area contributed by atoms with Crippen LogP contribution in [0, 0.1) is 0 Å². The number of nitrogens with two attached hydrogens (primary N) is 1. The Bertz CT molecular complexity index is 533. The fourth-order valence-electron chi connectivity index (χ4n) is 1.25. The smallest absolute Gasteiger partial charge is 0.326 e. The zero-order valence-corrected chi connectivity index (χ0v) is 11.4. The number of halogens is 4. The third-order valence-electron chi connectivity index (χ3n) is 1.94. The van der Waals surface area contributed by atoms with E-state index in [0.717, 1.165) is 15.1 Å². The maximum absolute atomic E-state index is 12.7. The van der Waals surface area contributed by atoms with Crippen molar-refractivity contribution in [3.05, 3.63) is 26.5 Å². The minimum absolute atomic E-state index is 0.0667. The van der Waals surface area contributed by atoms with Gasteiger partial charge in [0.1, 0.15) is 5.01 Å². The highest BCUT2D eigenvalue weighted by molar-refractivity contribution is 9.11. The molecule has 2 nitrogen and oxygen atoms in total. The molecule has 2 N–H and O–H groups in total. The zero-order valence-electron chi connectivity index (χ0n) is 8.21. The minimum Gasteiger partial charge on any atom is -0.326 e. The van der Waals surface area contributed by atoms with Gasteiger partial charge in [-0.25, -0.2) is 4.98 Å². The van der Waals surface area contributed by atoms with Gasteiger partial charge in [0, 0.05) is 6.54 Å². The Balaban J connectivity index is 2.48.